The smallest absolute Gasteiger partial charge is 0.231 e. The van der Waals surface area contributed by atoms with Crippen LogP contribution >= 0.6 is 0 Å². The van der Waals surface area contributed by atoms with Crippen molar-refractivity contribution < 1.29 is 4.57 Å². The highest BCUT2D eigenvalue weighted by Crippen LogP contribution is 2.52. The Bertz CT molecular complexity index is 1010. The molecule has 1 aliphatic carbocycles. The fourth-order valence-corrected chi connectivity index (χ4v) is 4.72. The molecule has 4 rings (SSSR count). The first-order valence-corrected chi connectivity index (χ1v) is 9.31. The molecular formula is C24H27N2+. The second kappa shape index (κ2) is 5.51. The van der Waals surface area contributed by atoms with Gasteiger partial charge in [-0.2, -0.15) is 4.57 Å². The fraction of sp³-hybridized carbons (Fsp3) is 0.333. The van der Waals surface area contributed by atoms with Crippen molar-refractivity contribution in [3.05, 3.63) is 82.8 Å². The van der Waals surface area contributed by atoms with Crippen molar-refractivity contribution >= 4 is 0 Å². The van der Waals surface area contributed by atoms with E-state index in [0.29, 0.717) is 0 Å². The van der Waals surface area contributed by atoms with Crippen LogP contribution in [-0.2, 0) is 17.9 Å². The lowest BCUT2D eigenvalue weighted by Crippen LogP contribution is -2.39. The molecule has 1 heterocycles. The topological polar surface area (TPSA) is 16.8 Å². The van der Waals surface area contributed by atoms with Crippen molar-refractivity contribution in [2.24, 2.45) is 7.05 Å². The molecule has 0 bridgehead atoms. The Morgan fingerprint density at radius 2 is 1.50 bits per heavy atom. The molecule has 2 aromatic carbocycles. The fourth-order valence-electron chi connectivity index (χ4n) is 4.72. The number of benzene rings is 2. The van der Waals surface area contributed by atoms with Crippen LogP contribution in [0.15, 0.2) is 55.0 Å². The molecule has 2 heteroatoms. The number of hydrogen-bond donors (Lipinski definition) is 0. The van der Waals surface area contributed by atoms with Crippen molar-refractivity contribution in [1.29, 1.82) is 0 Å². The molecule has 0 spiro atoms. The van der Waals surface area contributed by atoms with Gasteiger partial charge in [-0.1, -0.05) is 64.1 Å². The molecule has 0 unspecified atom stereocenters. The summed E-state index contributed by atoms with van der Waals surface area (Å²) in [6, 6.07) is 13.5. The quantitative estimate of drug-likeness (QED) is 0.577. The third kappa shape index (κ3) is 2.18. The summed E-state index contributed by atoms with van der Waals surface area (Å²) < 4.78 is 2.18. The molecule has 0 N–H and O–H groups in total. The van der Waals surface area contributed by atoms with Crippen molar-refractivity contribution in [3.63, 3.8) is 0 Å². The molecule has 0 radical (unpaired) electrons. The third-order valence-corrected chi connectivity index (χ3v) is 6.20. The van der Waals surface area contributed by atoms with Gasteiger partial charge < -0.3 is 0 Å². The van der Waals surface area contributed by atoms with E-state index in [1.54, 1.807) is 0 Å². The average Bonchev–Trinajstić information content (AvgIpc) is 2.61. The number of aromatic nitrogens is 2. The summed E-state index contributed by atoms with van der Waals surface area (Å²) in [6.45, 7) is 11.6. The van der Waals surface area contributed by atoms with Crippen LogP contribution in [-0.4, -0.2) is 4.98 Å². The van der Waals surface area contributed by atoms with Crippen LogP contribution < -0.4 is 4.57 Å². The van der Waals surface area contributed by atoms with Crippen LogP contribution in [0.5, 0.6) is 0 Å². The number of aryl methyl sites for hydroxylation is 2. The zero-order valence-corrected chi connectivity index (χ0v) is 16.6. The average molecular weight is 343 g/mol. The number of hydrogen-bond acceptors (Lipinski definition) is 1. The Morgan fingerprint density at radius 1 is 0.846 bits per heavy atom. The Labute approximate surface area is 156 Å². The van der Waals surface area contributed by atoms with E-state index in [0.717, 1.165) is 0 Å². The molecule has 2 nitrogen and oxygen atoms in total. The van der Waals surface area contributed by atoms with Gasteiger partial charge in [-0.05, 0) is 34.7 Å². The van der Waals surface area contributed by atoms with Gasteiger partial charge in [0.25, 0.3) is 0 Å². The lowest BCUT2D eigenvalue weighted by atomic mass is 9.58. The van der Waals surface area contributed by atoms with Gasteiger partial charge in [-0.3, -0.25) is 4.98 Å². The summed E-state index contributed by atoms with van der Waals surface area (Å²) in [5.74, 6) is 0. The molecule has 0 saturated heterocycles. The van der Waals surface area contributed by atoms with Crippen LogP contribution in [0.3, 0.4) is 0 Å². The van der Waals surface area contributed by atoms with E-state index in [9.17, 15) is 0 Å². The first-order valence-electron chi connectivity index (χ1n) is 9.31. The molecule has 0 amide bonds. The Balaban J connectivity index is 2.15. The first-order chi connectivity index (χ1) is 12.3. The minimum absolute atomic E-state index is 0.0231. The zero-order valence-electron chi connectivity index (χ0n) is 16.6. The van der Waals surface area contributed by atoms with Crippen LogP contribution in [0, 0.1) is 6.92 Å². The molecule has 132 valence electrons. The van der Waals surface area contributed by atoms with Crippen molar-refractivity contribution in [1.82, 2.24) is 4.98 Å². The zero-order chi connectivity index (χ0) is 18.7. The molecule has 0 aliphatic heterocycles. The standard InChI is InChI=1S/C24H27N2/c1-16-11-12-19-22(21(16)20-15-25-13-14-26(20)6)24(4,5)18-10-8-7-9-17(18)23(19,2)3/h7-15H,1-6H3/q+1. The maximum Gasteiger partial charge on any atom is 0.231 e. The van der Waals surface area contributed by atoms with E-state index in [4.69, 9.17) is 0 Å². The highest BCUT2D eigenvalue weighted by molar-refractivity contribution is 5.74. The monoisotopic (exact) mass is 343 g/mol. The van der Waals surface area contributed by atoms with Crippen LogP contribution in [0.25, 0.3) is 11.3 Å². The molecule has 3 aromatic rings. The molecule has 0 fully saturated rings. The molecule has 0 atom stereocenters. The normalized spacial score (nSPS) is 16.7. The lowest BCUT2D eigenvalue weighted by molar-refractivity contribution is -0.661. The van der Waals surface area contributed by atoms with Gasteiger partial charge in [0.15, 0.2) is 6.20 Å². The molecule has 26 heavy (non-hydrogen) atoms. The van der Waals surface area contributed by atoms with Gasteiger partial charge in [-0.25, -0.2) is 0 Å². The molecule has 1 aliphatic rings. The predicted molar refractivity (Wildman–Crippen MR) is 106 cm³/mol. The third-order valence-electron chi connectivity index (χ3n) is 6.20. The minimum atomic E-state index is -0.0638. The van der Waals surface area contributed by atoms with Crippen molar-refractivity contribution in [3.8, 4) is 11.3 Å². The summed E-state index contributed by atoms with van der Waals surface area (Å²) in [7, 11) is 2.10. The van der Waals surface area contributed by atoms with E-state index in [-0.39, 0.29) is 10.8 Å². The van der Waals surface area contributed by atoms with E-state index >= 15 is 0 Å². The Morgan fingerprint density at radius 3 is 2.15 bits per heavy atom. The van der Waals surface area contributed by atoms with Gasteiger partial charge in [0.2, 0.25) is 5.69 Å². The summed E-state index contributed by atoms with van der Waals surface area (Å²) in [6.07, 6.45) is 5.87. The highest BCUT2D eigenvalue weighted by atomic mass is 14.9. The second-order valence-corrected chi connectivity index (χ2v) is 8.55. The molecule has 1 aromatic heterocycles. The van der Waals surface area contributed by atoms with Gasteiger partial charge in [0.05, 0.1) is 18.0 Å². The van der Waals surface area contributed by atoms with Gasteiger partial charge in [-0.15, -0.1) is 0 Å². The van der Waals surface area contributed by atoms with E-state index in [1.807, 2.05) is 18.6 Å². The Hall–Kier alpha value is -2.48. The summed E-state index contributed by atoms with van der Waals surface area (Å²) >= 11 is 0. The van der Waals surface area contributed by atoms with Crippen molar-refractivity contribution in [2.45, 2.75) is 45.4 Å². The SMILES string of the molecule is Cc1ccc2c(c1-c1cncc[n+]1C)C(C)(C)c1ccccc1C2(C)C. The van der Waals surface area contributed by atoms with Crippen LogP contribution in [0.4, 0.5) is 0 Å². The van der Waals surface area contributed by atoms with E-state index < -0.39 is 0 Å². The number of fused-ring (bicyclic) bond motifs is 2. The van der Waals surface area contributed by atoms with E-state index in [2.05, 4.69) is 87.6 Å². The van der Waals surface area contributed by atoms with Crippen LogP contribution in [0.1, 0.15) is 55.5 Å². The molecule has 0 saturated carbocycles. The largest absolute Gasteiger partial charge is 0.252 e. The number of nitrogens with zero attached hydrogens (tertiary/aromatic N) is 2. The van der Waals surface area contributed by atoms with Gasteiger partial charge in [0, 0.05) is 10.8 Å². The lowest BCUT2D eigenvalue weighted by Gasteiger charge is -2.44. The van der Waals surface area contributed by atoms with Gasteiger partial charge >= 0.3 is 0 Å². The summed E-state index contributed by atoms with van der Waals surface area (Å²) in [4.78, 5) is 4.42. The highest BCUT2D eigenvalue weighted by Gasteiger charge is 2.44. The minimum Gasteiger partial charge on any atom is -0.252 e. The van der Waals surface area contributed by atoms with Crippen molar-refractivity contribution in [2.75, 3.05) is 0 Å². The maximum absolute atomic E-state index is 4.42. The van der Waals surface area contributed by atoms with Crippen LogP contribution in [0.2, 0.25) is 0 Å². The second-order valence-electron chi connectivity index (χ2n) is 8.55. The summed E-state index contributed by atoms with van der Waals surface area (Å²) in [5.41, 5.74) is 9.43. The predicted octanol–water partition coefficient (Wildman–Crippen LogP) is 4.85. The maximum atomic E-state index is 4.42. The van der Waals surface area contributed by atoms with E-state index in [1.165, 1.54) is 39.1 Å². The number of rotatable bonds is 1. The van der Waals surface area contributed by atoms with Gasteiger partial charge in [0.1, 0.15) is 7.05 Å². The molecular weight excluding hydrogens is 316 g/mol. The first kappa shape index (κ1) is 17.0. The Kier molecular flexibility index (Phi) is 3.59. The summed E-state index contributed by atoms with van der Waals surface area (Å²) in [5, 5.41) is 0.